The van der Waals surface area contributed by atoms with Gasteiger partial charge in [0, 0.05) is 17.5 Å². The molecule has 1 unspecified atom stereocenters. The zero-order chi connectivity index (χ0) is 14.0. The molecule has 1 aromatic heterocycles. The van der Waals surface area contributed by atoms with Crippen molar-refractivity contribution >= 4 is 11.0 Å². The van der Waals surface area contributed by atoms with E-state index in [2.05, 4.69) is 45.1 Å². The molecular formula is C17H25NO. The van der Waals surface area contributed by atoms with Gasteiger partial charge in [0.25, 0.3) is 0 Å². The summed E-state index contributed by atoms with van der Waals surface area (Å²) in [5, 5.41) is 4.80. The zero-order valence-electron chi connectivity index (χ0n) is 12.7. The van der Waals surface area contributed by atoms with Crippen molar-refractivity contribution in [2.24, 2.45) is 11.3 Å². The van der Waals surface area contributed by atoms with E-state index in [1.165, 1.54) is 10.9 Å². The van der Waals surface area contributed by atoms with E-state index >= 15 is 0 Å². The van der Waals surface area contributed by atoms with E-state index in [0.29, 0.717) is 11.3 Å². The second-order valence-corrected chi connectivity index (χ2v) is 6.53. The van der Waals surface area contributed by atoms with E-state index in [-0.39, 0.29) is 0 Å². The first kappa shape index (κ1) is 14.1. The van der Waals surface area contributed by atoms with Crippen LogP contribution in [0.5, 0.6) is 0 Å². The van der Waals surface area contributed by atoms with E-state index in [9.17, 15) is 0 Å². The molecule has 0 fully saturated rings. The van der Waals surface area contributed by atoms with E-state index in [1.54, 1.807) is 0 Å². The summed E-state index contributed by atoms with van der Waals surface area (Å²) in [5.41, 5.74) is 2.62. The van der Waals surface area contributed by atoms with Crippen LogP contribution in [0.25, 0.3) is 11.0 Å². The highest BCUT2D eigenvalue weighted by atomic mass is 16.3. The second-order valence-electron chi connectivity index (χ2n) is 6.53. The molecule has 0 saturated heterocycles. The number of nitrogens with one attached hydrogen (secondary N) is 1. The van der Waals surface area contributed by atoms with Crippen LogP contribution in [-0.2, 0) is 6.54 Å². The summed E-state index contributed by atoms with van der Waals surface area (Å²) in [5.74, 6) is 1.67. The number of hydrogen-bond donors (Lipinski definition) is 1. The van der Waals surface area contributed by atoms with Crippen LogP contribution in [-0.4, -0.2) is 6.54 Å². The van der Waals surface area contributed by atoms with Crippen LogP contribution in [0.15, 0.2) is 28.7 Å². The fourth-order valence-electron chi connectivity index (χ4n) is 2.16. The molecule has 0 aliphatic carbocycles. The summed E-state index contributed by atoms with van der Waals surface area (Å²) in [4.78, 5) is 0. The Kier molecular flexibility index (Phi) is 4.00. The largest absolute Gasteiger partial charge is 0.461 e. The number of furan rings is 1. The van der Waals surface area contributed by atoms with Crippen molar-refractivity contribution in [3.63, 3.8) is 0 Å². The molecule has 2 nitrogen and oxygen atoms in total. The lowest BCUT2D eigenvalue weighted by molar-refractivity contribution is 0.252. The Morgan fingerprint density at radius 2 is 1.89 bits per heavy atom. The first-order valence-corrected chi connectivity index (χ1v) is 7.07. The van der Waals surface area contributed by atoms with Gasteiger partial charge in [-0.15, -0.1) is 0 Å². The Morgan fingerprint density at radius 3 is 2.58 bits per heavy atom. The highest BCUT2D eigenvalue weighted by Crippen LogP contribution is 2.26. The van der Waals surface area contributed by atoms with Gasteiger partial charge < -0.3 is 9.73 Å². The van der Waals surface area contributed by atoms with Crippen molar-refractivity contribution in [3.05, 3.63) is 35.6 Å². The zero-order valence-corrected chi connectivity index (χ0v) is 12.7. The maximum Gasteiger partial charge on any atom is 0.134 e. The van der Waals surface area contributed by atoms with Gasteiger partial charge in [-0.05, 0) is 30.9 Å². The molecular weight excluding hydrogens is 234 g/mol. The van der Waals surface area contributed by atoms with Crippen LogP contribution in [0, 0.1) is 18.3 Å². The summed E-state index contributed by atoms with van der Waals surface area (Å²) in [7, 11) is 0. The van der Waals surface area contributed by atoms with Crippen molar-refractivity contribution in [1.82, 2.24) is 5.32 Å². The standard InChI is InChI=1S/C17H25NO/c1-12(17(3,4)5)10-18-11-15-13(2)19-16-9-7-6-8-14(15)16/h6-9,12,18H,10-11H2,1-5H3. The van der Waals surface area contributed by atoms with Gasteiger partial charge in [-0.2, -0.15) is 0 Å². The van der Waals surface area contributed by atoms with Gasteiger partial charge in [-0.1, -0.05) is 45.9 Å². The average molecular weight is 259 g/mol. The third-order valence-electron chi connectivity index (χ3n) is 4.13. The van der Waals surface area contributed by atoms with Gasteiger partial charge in [0.05, 0.1) is 0 Å². The van der Waals surface area contributed by atoms with Gasteiger partial charge >= 0.3 is 0 Å². The molecule has 0 aliphatic heterocycles. The smallest absolute Gasteiger partial charge is 0.134 e. The Balaban J connectivity index is 2.04. The molecule has 0 aliphatic rings. The lowest BCUT2D eigenvalue weighted by atomic mass is 9.82. The molecule has 19 heavy (non-hydrogen) atoms. The predicted octanol–water partition coefficient (Wildman–Crippen LogP) is 4.51. The van der Waals surface area contributed by atoms with Crippen LogP contribution < -0.4 is 5.32 Å². The lowest BCUT2D eigenvalue weighted by Gasteiger charge is -2.27. The van der Waals surface area contributed by atoms with Gasteiger partial charge in [0.2, 0.25) is 0 Å². The van der Waals surface area contributed by atoms with Crippen molar-refractivity contribution in [1.29, 1.82) is 0 Å². The summed E-state index contributed by atoms with van der Waals surface area (Å²) in [6.45, 7) is 13.1. The van der Waals surface area contributed by atoms with Gasteiger partial charge in [-0.25, -0.2) is 0 Å². The molecule has 1 heterocycles. The summed E-state index contributed by atoms with van der Waals surface area (Å²) >= 11 is 0. The maximum atomic E-state index is 5.78. The quantitative estimate of drug-likeness (QED) is 0.873. The first-order valence-electron chi connectivity index (χ1n) is 7.07. The van der Waals surface area contributed by atoms with Gasteiger partial charge in [0.1, 0.15) is 11.3 Å². The second kappa shape index (κ2) is 5.38. The maximum absolute atomic E-state index is 5.78. The normalized spacial score (nSPS) is 13.9. The van der Waals surface area contributed by atoms with Crippen LogP contribution in [0.1, 0.15) is 39.0 Å². The minimum Gasteiger partial charge on any atom is -0.461 e. The summed E-state index contributed by atoms with van der Waals surface area (Å²) in [6.07, 6.45) is 0. The van der Waals surface area contributed by atoms with E-state index in [4.69, 9.17) is 4.42 Å². The number of fused-ring (bicyclic) bond motifs is 1. The minimum atomic E-state index is 0.348. The molecule has 0 amide bonds. The third-order valence-corrected chi connectivity index (χ3v) is 4.13. The Morgan fingerprint density at radius 1 is 1.21 bits per heavy atom. The van der Waals surface area contributed by atoms with Gasteiger partial charge in [-0.3, -0.25) is 0 Å². The first-order chi connectivity index (χ1) is 8.89. The van der Waals surface area contributed by atoms with E-state index in [0.717, 1.165) is 24.4 Å². The summed E-state index contributed by atoms with van der Waals surface area (Å²) in [6, 6.07) is 8.25. The average Bonchev–Trinajstić information content (AvgIpc) is 2.64. The summed E-state index contributed by atoms with van der Waals surface area (Å²) < 4.78 is 5.78. The molecule has 2 heteroatoms. The molecule has 104 valence electrons. The minimum absolute atomic E-state index is 0.348. The SMILES string of the molecule is Cc1oc2ccccc2c1CNCC(C)C(C)(C)C. The lowest BCUT2D eigenvalue weighted by Crippen LogP contribution is -2.29. The third kappa shape index (κ3) is 3.19. The molecule has 1 N–H and O–H groups in total. The number of rotatable bonds is 4. The highest BCUT2D eigenvalue weighted by Gasteiger charge is 2.19. The Bertz CT molecular complexity index is 548. The Hall–Kier alpha value is -1.28. The van der Waals surface area contributed by atoms with Crippen LogP contribution in [0.2, 0.25) is 0 Å². The van der Waals surface area contributed by atoms with Crippen LogP contribution in [0.4, 0.5) is 0 Å². The monoisotopic (exact) mass is 259 g/mol. The van der Waals surface area contributed by atoms with E-state index in [1.807, 2.05) is 19.1 Å². The van der Waals surface area contributed by atoms with Gasteiger partial charge in [0.15, 0.2) is 0 Å². The fourth-order valence-corrected chi connectivity index (χ4v) is 2.16. The fraction of sp³-hybridized carbons (Fsp3) is 0.529. The van der Waals surface area contributed by atoms with Crippen molar-refractivity contribution in [2.75, 3.05) is 6.54 Å². The molecule has 0 radical (unpaired) electrons. The number of benzene rings is 1. The van der Waals surface area contributed by atoms with E-state index < -0.39 is 0 Å². The Labute approximate surface area is 116 Å². The van der Waals surface area contributed by atoms with Crippen molar-refractivity contribution < 1.29 is 4.42 Å². The number of aryl methyl sites for hydroxylation is 1. The molecule has 0 bridgehead atoms. The molecule has 2 rings (SSSR count). The highest BCUT2D eigenvalue weighted by molar-refractivity contribution is 5.82. The molecule has 1 atom stereocenters. The van der Waals surface area contributed by atoms with Crippen molar-refractivity contribution in [2.45, 2.75) is 41.2 Å². The molecule has 1 aromatic carbocycles. The number of hydrogen-bond acceptors (Lipinski definition) is 2. The van der Waals surface area contributed by atoms with Crippen molar-refractivity contribution in [3.8, 4) is 0 Å². The molecule has 0 saturated carbocycles. The topological polar surface area (TPSA) is 25.2 Å². The molecule has 0 spiro atoms. The predicted molar refractivity (Wildman–Crippen MR) is 81.3 cm³/mol. The van der Waals surface area contributed by atoms with Crippen LogP contribution in [0.3, 0.4) is 0 Å². The van der Waals surface area contributed by atoms with Crippen LogP contribution >= 0.6 is 0 Å². The number of para-hydroxylation sites is 1. The molecule has 2 aromatic rings.